The number of rotatable bonds is 5. The third-order valence-corrected chi connectivity index (χ3v) is 3.03. The normalized spacial score (nSPS) is 11.9. The molecule has 1 aromatic heterocycles. The van der Waals surface area contributed by atoms with Crippen molar-refractivity contribution < 1.29 is 19.2 Å². The first kappa shape index (κ1) is 14.8. The fourth-order valence-corrected chi connectivity index (χ4v) is 1.83. The van der Waals surface area contributed by atoms with E-state index in [9.17, 15) is 9.59 Å². The van der Waals surface area contributed by atoms with Crippen molar-refractivity contribution in [2.24, 2.45) is 5.92 Å². The molecule has 1 heterocycles. The summed E-state index contributed by atoms with van der Waals surface area (Å²) in [5.41, 5.74) is 2.15. The number of nitrogens with zero attached hydrogens (tertiary/aromatic N) is 1. The second-order valence-electron chi connectivity index (χ2n) is 4.93. The smallest absolute Gasteiger partial charge is 0.306 e. The lowest BCUT2D eigenvalue weighted by atomic mass is 10.0. The van der Waals surface area contributed by atoms with Gasteiger partial charge in [0.25, 0.3) is 5.91 Å². The van der Waals surface area contributed by atoms with E-state index in [1.165, 1.54) is 0 Å². The zero-order valence-electron chi connectivity index (χ0n) is 11.8. The molecule has 0 bridgehead atoms. The molecule has 0 aliphatic heterocycles. The van der Waals surface area contributed by atoms with Crippen LogP contribution < -0.4 is 5.32 Å². The molecule has 2 rings (SSSR count). The first-order chi connectivity index (χ1) is 9.95. The van der Waals surface area contributed by atoms with Crippen molar-refractivity contribution in [2.75, 3.05) is 5.32 Å². The second-order valence-corrected chi connectivity index (χ2v) is 4.93. The van der Waals surface area contributed by atoms with E-state index < -0.39 is 11.9 Å². The molecule has 1 atom stereocenters. The molecular weight excluding hydrogens is 272 g/mol. The molecule has 2 N–H and O–H groups in total. The van der Waals surface area contributed by atoms with Gasteiger partial charge < -0.3 is 14.9 Å². The highest BCUT2D eigenvalue weighted by molar-refractivity contribution is 6.02. The van der Waals surface area contributed by atoms with Crippen LogP contribution in [0.2, 0.25) is 0 Å². The van der Waals surface area contributed by atoms with Crippen LogP contribution in [0.15, 0.2) is 34.9 Å². The Balaban J connectivity index is 1.99. The van der Waals surface area contributed by atoms with E-state index in [1.54, 1.807) is 44.2 Å². The number of aliphatic carboxylic acids is 1. The lowest BCUT2D eigenvalue weighted by Crippen LogP contribution is -2.13. The van der Waals surface area contributed by atoms with Crippen molar-refractivity contribution in [2.45, 2.75) is 20.3 Å². The average molecular weight is 288 g/mol. The van der Waals surface area contributed by atoms with Crippen LogP contribution in [-0.4, -0.2) is 22.1 Å². The van der Waals surface area contributed by atoms with Crippen molar-refractivity contribution in [3.05, 3.63) is 47.3 Å². The van der Waals surface area contributed by atoms with E-state index in [4.69, 9.17) is 9.63 Å². The van der Waals surface area contributed by atoms with Gasteiger partial charge in [-0.15, -0.1) is 0 Å². The van der Waals surface area contributed by atoms with Crippen molar-refractivity contribution in [1.82, 2.24) is 5.16 Å². The molecule has 1 unspecified atom stereocenters. The second kappa shape index (κ2) is 6.21. The van der Waals surface area contributed by atoms with Gasteiger partial charge in [-0.05, 0) is 31.0 Å². The van der Waals surface area contributed by atoms with Gasteiger partial charge in [-0.3, -0.25) is 9.59 Å². The summed E-state index contributed by atoms with van der Waals surface area (Å²) in [4.78, 5) is 22.7. The minimum Gasteiger partial charge on any atom is -0.481 e. The molecule has 1 amide bonds. The van der Waals surface area contributed by atoms with Gasteiger partial charge in [-0.1, -0.05) is 24.2 Å². The third-order valence-electron chi connectivity index (χ3n) is 3.03. The molecular formula is C15H16N2O4. The van der Waals surface area contributed by atoms with Crippen LogP contribution in [-0.2, 0) is 11.2 Å². The zero-order chi connectivity index (χ0) is 15.4. The maximum absolute atomic E-state index is 11.9. The number of anilines is 1. The Bertz CT molecular complexity index is 646. The Morgan fingerprint density at radius 3 is 2.52 bits per heavy atom. The highest BCUT2D eigenvalue weighted by atomic mass is 16.5. The number of hydrogen-bond donors (Lipinski definition) is 2. The molecule has 0 aliphatic carbocycles. The summed E-state index contributed by atoms with van der Waals surface area (Å²) in [5, 5.41) is 15.2. The number of nitrogens with one attached hydrogen (secondary N) is 1. The van der Waals surface area contributed by atoms with Crippen LogP contribution >= 0.6 is 0 Å². The summed E-state index contributed by atoms with van der Waals surface area (Å²) in [7, 11) is 0. The molecule has 6 nitrogen and oxygen atoms in total. The van der Waals surface area contributed by atoms with E-state index in [-0.39, 0.29) is 11.7 Å². The number of carboxylic acids is 1. The molecule has 21 heavy (non-hydrogen) atoms. The molecule has 0 spiro atoms. The van der Waals surface area contributed by atoms with E-state index in [2.05, 4.69) is 10.5 Å². The van der Waals surface area contributed by atoms with Crippen LogP contribution in [0.1, 0.15) is 28.7 Å². The fourth-order valence-electron chi connectivity index (χ4n) is 1.83. The number of amides is 1. The van der Waals surface area contributed by atoms with E-state index in [0.29, 0.717) is 17.8 Å². The molecule has 110 valence electrons. The SMILES string of the molecule is Cc1cc(C(=O)Nc2ccc(CC(C)C(=O)O)cc2)on1. The monoisotopic (exact) mass is 288 g/mol. The Hall–Kier alpha value is -2.63. The maximum atomic E-state index is 11.9. The number of carbonyl (C=O) groups excluding carboxylic acids is 1. The summed E-state index contributed by atoms with van der Waals surface area (Å²) in [6, 6.07) is 8.59. The van der Waals surface area contributed by atoms with Crippen LogP contribution in [0, 0.1) is 12.8 Å². The van der Waals surface area contributed by atoms with Gasteiger partial charge in [0.15, 0.2) is 0 Å². The van der Waals surface area contributed by atoms with Crippen molar-refractivity contribution in [3.8, 4) is 0 Å². The fraction of sp³-hybridized carbons (Fsp3) is 0.267. The van der Waals surface area contributed by atoms with Gasteiger partial charge in [-0.25, -0.2) is 0 Å². The number of benzene rings is 1. The summed E-state index contributed by atoms with van der Waals surface area (Å²) in [5.74, 6) is -1.49. The lowest BCUT2D eigenvalue weighted by Gasteiger charge is -2.07. The van der Waals surface area contributed by atoms with Gasteiger partial charge in [0, 0.05) is 11.8 Å². The maximum Gasteiger partial charge on any atom is 0.306 e. The largest absolute Gasteiger partial charge is 0.481 e. The van der Waals surface area contributed by atoms with E-state index >= 15 is 0 Å². The van der Waals surface area contributed by atoms with E-state index in [1.807, 2.05) is 0 Å². The van der Waals surface area contributed by atoms with Crippen molar-refractivity contribution in [1.29, 1.82) is 0 Å². The summed E-state index contributed by atoms with van der Waals surface area (Å²) in [6.45, 7) is 3.39. The lowest BCUT2D eigenvalue weighted by molar-refractivity contribution is -0.141. The van der Waals surface area contributed by atoms with Crippen molar-refractivity contribution in [3.63, 3.8) is 0 Å². The highest BCUT2D eigenvalue weighted by Crippen LogP contribution is 2.15. The topological polar surface area (TPSA) is 92.4 Å². The van der Waals surface area contributed by atoms with Gasteiger partial charge in [0.1, 0.15) is 0 Å². The molecule has 0 aliphatic rings. The van der Waals surface area contributed by atoms with Gasteiger partial charge >= 0.3 is 5.97 Å². The number of aryl methyl sites for hydroxylation is 1. The minimum atomic E-state index is -0.826. The van der Waals surface area contributed by atoms with Crippen LogP contribution in [0.5, 0.6) is 0 Å². The molecule has 0 fully saturated rings. The summed E-state index contributed by atoms with van der Waals surface area (Å²) in [6.07, 6.45) is 0.449. The van der Waals surface area contributed by atoms with Gasteiger partial charge in [0.05, 0.1) is 11.6 Å². The molecule has 0 saturated carbocycles. The number of aromatic nitrogens is 1. The van der Waals surface area contributed by atoms with Gasteiger partial charge in [-0.2, -0.15) is 0 Å². The predicted molar refractivity (Wildman–Crippen MR) is 76.1 cm³/mol. The Labute approximate surface area is 121 Å². The predicted octanol–water partition coefficient (Wildman–Crippen LogP) is 2.50. The van der Waals surface area contributed by atoms with Gasteiger partial charge in [0.2, 0.25) is 5.76 Å². The standard InChI is InChI=1S/C15H16N2O4/c1-9(15(19)20)7-11-3-5-12(6-4-11)16-14(18)13-8-10(2)17-21-13/h3-6,8-9H,7H2,1-2H3,(H,16,18)(H,19,20). The molecule has 0 saturated heterocycles. The summed E-state index contributed by atoms with van der Waals surface area (Å²) >= 11 is 0. The first-order valence-corrected chi connectivity index (χ1v) is 6.52. The number of carbonyl (C=O) groups is 2. The number of hydrogen-bond acceptors (Lipinski definition) is 4. The van der Waals surface area contributed by atoms with E-state index in [0.717, 1.165) is 5.56 Å². The summed E-state index contributed by atoms with van der Waals surface area (Å²) < 4.78 is 4.87. The van der Waals surface area contributed by atoms with Crippen LogP contribution in [0.3, 0.4) is 0 Å². The van der Waals surface area contributed by atoms with Crippen molar-refractivity contribution >= 4 is 17.6 Å². The molecule has 0 radical (unpaired) electrons. The Kier molecular flexibility index (Phi) is 4.37. The Morgan fingerprint density at radius 1 is 1.33 bits per heavy atom. The highest BCUT2D eigenvalue weighted by Gasteiger charge is 2.13. The first-order valence-electron chi connectivity index (χ1n) is 6.52. The molecule has 2 aromatic rings. The third kappa shape index (κ3) is 3.92. The number of carboxylic acid groups (broad SMARTS) is 1. The quantitative estimate of drug-likeness (QED) is 0.881. The average Bonchev–Trinajstić information content (AvgIpc) is 2.87. The van der Waals surface area contributed by atoms with Crippen LogP contribution in [0.4, 0.5) is 5.69 Å². The zero-order valence-corrected chi connectivity index (χ0v) is 11.8. The minimum absolute atomic E-state index is 0.149. The van der Waals surface area contributed by atoms with Crippen LogP contribution in [0.25, 0.3) is 0 Å². The Morgan fingerprint density at radius 2 is 2.00 bits per heavy atom. The molecule has 6 heteroatoms. The molecule has 1 aromatic carbocycles.